The summed E-state index contributed by atoms with van der Waals surface area (Å²) in [7, 11) is -3.85. The largest absolute Gasteiger partial charge is 0.381 e. The number of nitrogens with two attached hydrogens (primary N) is 1. The summed E-state index contributed by atoms with van der Waals surface area (Å²) in [4.78, 5) is 0. The van der Waals surface area contributed by atoms with E-state index < -0.39 is 34.0 Å². The van der Waals surface area contributed by atoms with Crippen LogP contribution in [0.5, 0.6) is 0 Å². The zero-order valence-electron chi connectivity index (χ0n) is 6.87. The number of hydrogen-bond donors (Lipinski definition) is 1. The molecule has 0 spiro atoms. The van der Waals surface area contributed by atoms with E-state index in [2.05, 4.69) is 5.14 Å². The minimum absolute atomic E-state index is 0.0336. The summed E-state index contributed by atoms with van der Waals surface area (Å²) in [6, 6.07) is 0. The maximum absolute atomic E-state index is 13.0. The van der Waals surface area contributed by atoms with Gasteiger partial charge in [0.1, 0.15) is 0 Å². The van der Waals surface area contributed by atoms with E-state index in [0.717, 1.165) is 0 Å². The van der Waals surface area contributed by atoms with Crippen molar-refractivity contribution in [2.75, 3.05) is 19.0 Å². The SMILES string of the molecule is NS(=O)(=O)CC1COCCC1(F)F. The summed E-state index contributed by atoms with van der Waals surface area (Å²) in [5, 5.41) is 4.67. The van der Waals surface area contributed by atoms with Crippen molar-refractivity contribution in [3.8, 4) is 0 Å². The maximum atomic E-state index is 13.0. The van der Waals surface area contributed by atoms with Crippen molar-refractivity contribution in [2.24, 2.45) is 11.1 Å². The van der Waals surface area contributed by atoms with Gasteiger partial charge in [-0.15, -0.1) is 0 Å². The van der Waals surface area contributed by atoms with Crippen LogP contribution in [0.15, 0.2) is 0 Å². The molecule has 0 aromatic heterocycles. The molecule has 4 nitrogen and oxygen atoms in total. The molecule has 0 bridgehead atoms. The lowest BCUT2D eigenvalue weighted by Crippen LogP contribution is -2.43. The Bertz CT molecular complexity index is 278. The highest BCUT2D eigenvalue weighted by Crippen LogP contribution is 2.32. The lowest BCUT2D eigenvalue weighted by molar-refractivity contribution is -0.133. The molecule has 0 radical (unpaired) electrons. The summed E-state index contributed by atoms with van der Waals surface area (Å²) in [5.74, 6) is -5.01. The normalized spacial score (nSPS) is 28.7. The van der Waals surface area contributed by atoms with E-state index in [9.17, 15) is 17.2 Å². The van der Waals surface area contributed by atoms with Crippen molar-refractivity contribution in [3.63, 3.8) is 0 Å². The van der Waals surface area contributed by atoms with Gasteiger partial charge < -0.3 is 4.74 Å². The Morgan fingerprint density at radius 3 is 2.62 bits per heavy atom. The second kappa shape index (κ2) is 3.47. The molecule has 0 amide bonds. The summed E-state index contributed by atoms with van der Waals surface area (Å²) in [5.41, 5.74) is 0. The molecule has 1 unspecified atom stereocenters. The topological polar surface area (TPSA) is 69.4 Å². The Balaban J connectivity index is 2.67. The third kappa shape index (κ3) is 3.17. The van der Waals surface area contributed by atoms with Gasteiger partial charge in [-0.05, 0) is 0 Å². The van der Waals surface area contributed by atoms with Crippen molar-refractivity contribution in [1.29, 1.82) is 0 Å². The fraction of sp³-hybridized carbons (Fsp3) is 1.00. The molecule has 13 heavy (non-hydrogen) atoms. The van der Waals surface area contributed by atoms with Crippen LogP contribution in [-0.2, 0) is 14.8 Å². The molecule has 0 aliphatic carbocycles. The van der Waals surface area contributed by atoms with Crippen LogP contribution in [0, 0.1) is 5.92 Å². The van der Waals surface area contributed by atoms with E-state index >= 15 is 0 Å². The predicted molar refractivity (Wildman–Crippen MR) is 41.8 cm³/mol. The molecule has 1 heterocycles. The van der Waals surface area contributed by atoms with Crippen molar-refractivity contribution < 1.29 is 21.9 Å². The van der Waals surface area contributed by atoms with E-state index in [1.54, 1.807) is 0 Å². The molecule has 78 valence electrons. The van der Waals surface area contributed by atoms with Crippen molar-refractivity contribution in [1.82, 2.24) is 0 Å². The first-order chi connectivity index (χ1) is 5.81. The Morgan fingerprint density at radius 2 is 2.15 bits per heavy atom. The van der Waals surface area contributed by atoms with E-state index in [0.29, 0.717) is 0 Å². The molecule has 0 saturated carbocycles. The summed E-state index contributed by atoms with van der Waals surface area (Å²) in [6.45, 7) is -0.280. The van der Waals surface area contributed by atoms with Crippen LogP contribution in [-0.4, -0.2) is 33.3 Å². The molecule has 0 aromatic rings. The number of ether oxygens (including phenoxy) is 1. The third-order valence-corrected chi connectivity index (χ3v) is 2.80. The van der Waals surface area contributed by atoms with Gasteiger partial charge in [0.2, 0.25) is 10.0 Å². The molecule has 7 heteroatoms. The smallest absolute Gasteiger partial charge is 0.256 e. The highest BCUT2D eigenvalue weighted by molar-refractivity contribution is 7.89. The number of hydrogen-bond acceptors (Lipinski definition) is 3. The average molecular weight is 215 g/mol. The Hall–Kier alpha value is -0.270. The average Bonchev–Trinajstić information content (AvgIpc) is 1.91. The van der Waals surface area contributed by atoms with Crippen LogP contribution in [0.2, 0.25) is 0 Å². The van der Waals surface area contributed by atoms with Crippen LogP contribution in [0.1, 0.15) is 6.42 Å². The van der Waals surface area contributed by atoms with Crippen LogP contribution < -0.4 is 5.14 Å². The van der Waals surface area contributed by atoms with Crippen molar-refractivity contribution in [2.45, 2.75) is 12.3 Å². The van der Waals surface area contributed by atoms with Crippen molar-refractivity contribution >= 4 is 10.0 Å². The van der Waals surface area contributed by atoms with E-state index in [4.69, 9.17) is 4.74 Å². The highest BCUT2D eigenvalue weighted by Gasteiger charge is 2.43. The molecule has 1 fully saturated rings. The van der Waals surface area contributed by atoms with Gasteiger partial charge >= 0.3 is 0 Å². The molecular weight excluding hydrogens is 204 g/mol. The second-order valence-corrected chi connectivity index (χ2v) is 4.77. The van der Waals surface area contributed by atoms with E-state index in [-0.39, 0.29) is 13.2 Å². The van der Waals surface area contributed by atoms with Gasteiger partial charge in [0.15, 0.2) is 0 Å². The number of sulfonamides is 1. The third-order valence-electron chi connectivity index (χ3n) is 1.93. The molecule has 1 atom stereocenters. The van der Waals surface area contributed by atoms with Gasteiger partial charge in [0.05, 0.1) is 24.9 Å². The van der Waals surface area contributed by atoms with Crippen LogP contribution in [0.3, 0.4) is 0 Å². The Morgan fingerprint density at radius 1 is 1.54 bits per heavy atom. The number of rotatable bonds is 2. The minimum atomic E-state index is -3.85. The molecule has 1 saturated heterocycles. The van der Waals surface area contributed by atoms with Crippen LogP contribution >= 0.6 is 0 Å². The van der Waals surface area contributed by atoms with Gasteiger partial charge in [-0.3, -0.25) is 0 Å². The van der Waals surface area contributed by atoms with Gasteiger partial charge in [0.25, 0.3) is 5.92 Å². The predicted octanol–water partition coefficient (Wildman–Crippen LogP) is -0.0533. The summed E-state index contributed by atoms with van der Waals surface area (Å²) < 4.78 is 51.9. The molecule has 1 aliphatic rings. The monoisotopic (exact) mass is 215 g/mol. The van der Waals surface area contributed by atoms with E-state index in [1.807, 2.05) is 0 Å². The van der Waals surface area contributed by atoms with Gasteiger partial charge in [-0.1, -0.05) is 0 Å². The fourth-order valence-corrected chi connectivity index (χ4v) is 2.11. The molecule has 1 aliphatic heterocycles. The van der Waals surface area contributed by atoms with E-state index in [1.165, 1.54) is 0 Å². The first-order valence-electron chi connectivity index (χ1n) is 3.77. The highest BCUT2D eigenvalue weighted by atomic mass is 32.2. The zero-order valence-corrected chi connectivity index (χ0v) is 7.69. The fourth-order valence-electron chi connectivity index (χ4n) is 1.21. The summed E-state index contributed by atoms with van der Waals surface area (Å²) >= 11 is 0. The standard InChI is InChI=1S/C6H11F2NO3S/c7-6(8)1-2-12-3-5(6)4-13(9,10)11/h5H,1-4H2,(H2,9,10,11). The van der Waals surface area contributed by atoms with Gasteiger partial charge in [-0.25, -0.2) is 22.3 Å². The second-order valence-electron chi connectivity index (χ2n) is 3.11. The lowest BCUT2D eigenvalue weighted by Gasteiger charge is -2.30. The quantitative estimate of drug-likeness (QED) is 0.702. The first kappa shape index (κ1) is 10.8. The Labute approximate surface area is 75.1 Å². The van der Waals surface area contributed by atoms with Crippen LogP contribution in [0.25, 0.3) is 0 Å². The number of primary sulfonamides is 1. The van der Waals surface area contributed by atoms with Gasteiger partial charge in [0, 0.05) is 6.42 Å². The zero-order chi connectivity index (χ0) is 10.1. The Kier molecular flexibility index (Phi) is 2.88. The molecule has 0 aromatic carbocycles. The maximum Gasteiger partial charge on any atom is 0.256 e. The number of halogens is 2. The summed E-state index contributed by atoms with van der Waals surface area (Å²) in [6.07, 6.45) is -0.437. The molecular formula is C6H11F2NO3S. The molecule has 2 N–H and O–H groups in total. The lowest BCUT2D eigenvalue weighted by atomic mass is 10.00. The van der Waals surface area contributed by atoms with Crippen molar-refractivity contribution in [3.05, 3.63) is 0 Å². The van der Waals surface area contributed by atoms with Gasteiger partial charge in [-0.2, -0.15) is 0 Å². The first-order valence-corrected chi connectivity index (χ1v) is 5.49. The molecule has 1 rings (SSSR count). The number of alkyl halides is 2. The minimum Gasteiger partial charge on any atom is -0.381 e. The van der Waals surface area contributed by atoms with Crippen LogP contribution in [0.4, 0.5) is 8.78 Å².